The van der Waals surface area contributed by atoms with Gasteiger partial charge in [0.25, 0.3) is 5.91 Å². The molecule has 106 valence electrons. The van der Waals surface area contributed by atoms with E-state index < -0.39 is 5.97 Å². The number of rotatable bonds is 5. The Balaban J connectivity index is 2.11. The second kappa shape index (κ2) is 6.09. The molecule has 1 amide bonds. The second-order valence-electron chi connectivity index (χ2n) is 5.04. The number of hydrogen-bond acceptors (Lipinski definition) is 2. The lowest BCUT2D eigenvalue weighted by atomic mass is 10.1. The Morgan fingerprint density at radius 2 is 2.15 bits per heavy atom. The molecule has 1 aromatic rings. The zero-order valence-electron chi connectivity index (χ0n) is 11.2. The Hall–Kier alpha value is -1.81. The molecule has 0 aromatic heterocycles. The van der Waals surface area contributed by atoms with Crippen molar-refractivity contribution in [3.05, 3.63) is 40.4 Å². The van der Waals surface area contributed by atoms with E-state index >= 15 is 0 Å². The van der Waals surface area contributed by atoms with Crippen LogP contribution in [0.2, 0.25) is 5.02 Å². The Morgan fingerprint density at radius 3 is 2.70 bits per heavy atom. The number of carbonyl (C=O) groups is 2. The molecule has 0 radical (unpaired) electrons. The number of carboxylic acid groups (broad SMARTS) is 1. The molecule has 0 unspecified atom stereocenters. The number of hydrogen-bond donors (Lipinski definition) is 1. The Kier molecular flexibility index (Phi) is 4.45. The van der Waals surface area contributed by atoms with E-state index in [-0.39, 0.29) is 5.91 Å². The van der Waals surface area contributed by atoms with Gasteiger partial charge in [0.15, 0.2) is 0 Å². The van der Waals surface area contributed by atoms with Crippen LogP contribution in [-0.2, 0) is 4.79 Å². The molecule has 0 aliphatic heterocycles. The lowest BCUT2D eigenvalue weighted by Gasteiger charge is -2.17. The predicted octanol–water partition coefficient (Wildman–Crippen LogP) is 2.92. The van der Waals surface area contributed by atoms with Crippen molar-refractivity contribution in [3.8, 4) is 0 Å². The zero-order valence-corrected chi connectivity index (χ0v) is 11.9. The molecule has 4 nitrogen and oxygen atoms in total. The van der Waals surface area contributed by atoms with Crippen LogP contribution in [0.4, 0.5) is 0 Å². The third-order valence-corrected chi connectivity index (χ3v) is 3.56. The monoisotopic (exact) mass is 293 g/mol. The topological polar surface area (TPSA) is 57.6 Å². The molecule has 1 aliphatic carbocycles. The summed E-state index contributed by atoms with van der Waals surface area (Å²) in [5.74, 6) is -0.463. The van der Waals surface area contributed by atoms with Crippen LogP contribution in [0, 0.1) is 5.92 Å². The van der Waals surface area contributed by atoms with Gasteiger partial charge in [0, 0.05) is 30.3 Å². The van der Waals surface area contributed by atoms with E-state index in [2.05, 4.69) is 0 Å². The fourth-order valence-corrected chi connectivity index (χ4v) is 2.19. The molecular formula is C15H16ClNO3. The van der Waals surface area contributed by atoms with Crippen molar-refractivity contribution in [2.24, 2.45) is 5.92 Å². The zero-order chi connectivity index (χ0) is 14.7. The largest absolute Gasteiger partial charge is 0.478 e. The second-order valence-corrected chi connectivity index (χ2v) is 5.44. The summed E-state index contributed by atoms with van der Waals surface area (Å²) in [7, 11) is 1.78. The number of carboxylic acids is 1. The lowest BCUT2D eigenvalue weighted by molar-refractivity contribution is -0.131. The molecule has 5 heteroatoms. The van der Waals surface area contributed by atoms with E-state index in [4.69, 9.17) is 16.7 Å². The normalized spacial score (nSPS) is 14.5. The maximum atomic E-state index is 12.2. The van der Waals surface area contributed by atoms with Gasteiger partial charge >= 0.3 is 5.97 Å². The minimum absolute atomic E-state index is 0.0624. The van der Waals surface area contributed by atoms with E-state index in [1.807, 2.05) is 0 Å². The van der Waals surface area contributed by atoms with Gasteiger partial charge < -0.3 is 10.0 Å². The van der Waals surface area contributed by atoms with Crippen LogP contribution in [-0.4, -0.2) is 35.5 Å². The van der Waals surface area contributed by atoms with Gasteiger partial charge in [0.1, 0.15) is 0 Å². The van der Waals surface area contributed by atoms with Crippen molar-refractivity contribution in [3.63, 3.8) is 0 Å². The Labute approximate surface area is 122 Å². The molecule has 1 N–H and O–H groups in total. The predicted molar refractivity (Wildman–Crippen MR) is 77.8 cm³/mol. The third kappa shape index (κ3) is 3.84. The summed E-state index contributed by atoms with van der Waals surface area (Å²) >= 11 is 6.06. The number of aliphatic carboxylic acids is 1. The molecule has 1 aliphatic rings. The van der Waals surface area contributed by atoms with Crippen molar-refractivity contribution < 1.29 is 14.7 Å². The maximum Gasteiger partial charge on any atom is 0.328 e. The van der Waals surface area contributed by atoms with E-state index in [1.54, 1.807) is 30.1 Å². The first-order chi connectivity index (χ1) is 9.47. The summed E-state index contributed by atoms with van der Waals surface area (Å²) in [5, 5.41) is 8.95. The number of nitrogens with zero attached hydrogens (tertiary/aromatic N) is 1. The standard InChI is InChI=1S/C15H16ClNO3/c1-17(9-10-2-3-10)15(20)12-5-4-11(13(16)8-12)6-7-14(18)19/h4-8,10H,2-3,9H2,1H3,(H,18,19)/b7-6+. The molecule has 0 saturated heterocycles. The van der Waals surface area contributed by atoms with Crippen molar-refractivity contribution in [2.75, 3.05) is 13.6 Å². The van der Waals surface area contributed by atoms with E-state index in [9.17, 15) is 9.59 Å². The highest BCUT2D eigenvalue weighted by Gasteiger charge is 2.25. The van der Waals surface area contributed by atoms with E-state index in [0.29, 0.717) is 22.1 Å². The van der Waals surface area contributed by atoms with Crippen LogP contribution in [0.1, 0.15) is 28.8 Å². The number of benzene rings is 1. The quantitative estimate of drug-likeness (QED) is 0.849. The van der Waals surface area contributed by atoms with Gasteiger partial charge in [-0.1, -0.05) is 17.7 Å². The first-order valence-electron chi connectivity index (χ1n) is 6.43. The van der Waals surface area contributed by atoms with Gasteiger partial charge in [-0.15, -0.1) is 0 Å². The van der Waals surface area contributed by atoms with Gasteiger partial charge in [-0.25, -0.2) is 4.79 Å². The van der Waals surface area contributed by atoms with E-state index in [1.165, 1.54) is 18.9 Å². The van der Waals surface area contributed by atoms with Gasteiger partial charge in [0.2, 0.25) is 0 Å². The highest BCUT2D eigenvalue weighted by Crippen LogP contribution is 2.30. The SMILES string of the molecule is CN(CC1CC1)C(=O)c1ccc(/C=C/C(=O)O)c(Cl)c1. The highest BCUT2D eigenvalue weighted by atomic mass is 35.5. The summed E-state index contributed by atoms with van der Waals surface area (Å²) in [4.78, 5) is 24.4. The number of halogens is 1. The lowest BCUT2D eigenvalue weighted by Crippen LogP contribution is -2.28. The Morgan fingerprint density at radius 1 is 1.45 bits per heavy atom. The van der Waals surface area contributed by atoms with Crippen LogP contribution >= 0.6 is 11.6 Å². The molecule has 0 spiro atoms. The molecule has 1 aromatic carbocycles. The molecule has 0 heterocycles. The summed E-state index contributed by atoms with van der Waals surface area (Å²) < 4.78 is 0. The smallest absolute Gasteiger partial charge is 0.328 e. The Bertz CT molecular complexity index is 564. The van der Waals surface area contributed by atoms with Gasteiger partial charge in [0.05, 0.1) is 0 Å². The molecule has 2 rings (SSSR count). The van der Waals surface area contributed by atoms with Crippen molar-refractivity contribution in [1.29, 1.82) is 0 Å². The molecule has 1 fully saturated rings. The fraction of sp³-hybridized carbons (Fsp3) is 0.333. The van der Waals surface area contributed by atoms with Crippen LogP contribution in [0.5, 0.6) is 0 Å². The first kappa shape index (κ1) is 14.6. The maximum absolute atomic E-state index is 12.2. The van der Waals surface area contributed by atoms with Crippen LogP contribution < -0.4 is 0 Å². The van der Waals surface area contributed by atoms with Gasteiger partial charge in [-0.2, -0.15) is 0 Å². The van der Waals surface area contributed by atoms with Gasteiger partial charge in [-0.3, -0.25) is 4.79 Å². The van der Waals surface area contributed by atoms with Crippen LogP contribution in [0.25, 0.3) is 6.08 Å². The van der Waals surface area contributed by atoms with Crippen LogP contribution in [0.3, 0.4) is 0 Å². The molecular weight excluding hydrogens is 278 g/mol. The average Bonchev–Trinajstić information content (AvgIpc) is 3.20. The number of carbonyl (C=O) groups excluding carboxylic acids is 1. The average molecular weight is 294 g/mol. The molecule has 0 bridgehead atoms. The van der Waals surface area contributed by atoms with Crippen molar-refractivity contribution >= 4 is 29.6 Å². The fourth-order valence-electron chi connectivity index (χ4n) is 1.95. The summed E-state index contributed by atoms with van der Waals surface area (Å²) in [6, 6.07) is 4.90. The number of amides is 1. The molecule has 1 saturated carbocycles. The molecule has 20 heavy (non-hydrogen) atoms. The van der Waals surface area contributed by atoms with Crippen molar-refractivity contribution in [2.45, 2.75) is 12.8 Å². The summed E-state index contributed by atoms with van der Waals surface area (Å²) in [5.41, 5.74) is 1.10. The summed E-state index contributed by atoms with van der Waals surface area (Å²) in [6.07, 6.45) is 4.81. The third-order valence-electron chi connectivity index (χ3n) is 3.23. The first-order valence-corrected chi connectivity index (χ1v) is 6.81. The highest BCUT2D eigenvalue weighted by molar-refractivity contribution is 6.32. The van der Waals surface area contributed by atoms with Gasteiger partial charge in [-0.05, 0) is 42.5 Å². The van der Waals surface area contributed by atoms with Crippen molar-refractivity contribution in [1.82, 2.24) is 4.90 Å². The summed E-state index contributed by atoms with van der Waals surface area (Å²) in [6.45, 7) is 0.775. The minimum atomic E-state index is -1.04. The van der Waals surface area contributed by atoms with Crippen LogP contribution in [0.15, 0.2) is 24.3 Å². The molecule has 0 atom stereocenters. The minimum Gasteiger partial charge on any atom is -0.478 e. The van der Waals surface area contributed by atoms with E-state index in [0.717, 1.165) is 12.6 Å².